The number of nitrogens with zero attached hydrogens (tertiary/aromatic N) is 1. The maximum Gasteiger partial charge on any atom is 0.261 e. The van der Waals surface area contributed by atoms with Gasteiger partial charge in [-0.2, -0.15) is 0 Å². The van der Waals surface area contributed by atoms with Gasteiger partial charge in [-0.05, 0) is 30.3 Å². The number of carbonyl (C=O) groups excluding carboxylic acids is 2. The Kier molecular flexibility index (Phi) is 3.65. The van der Waals surface area contributed by atoms with Crippen LogP contribution in [0.5, 0.6) is 0 Å². The summed E-state index contributed by atoms with van der Waals surface area (Å²) in [4.78, 5) is 24.9. The Labute approximate surface area is 128 Å². The van der Waals surface area contributed by atoms with E-state index in [-0.39, 0.29) is 11.1 Å². The second-order valence-corrected chi connectivity index (χ2v) is 5.06. The molecule has 1 aliphatic heterocycles. The van der Waals surface area contributed by atoms with Crippen LogP contribution in [0, 0.1) is 17.5 Å². The molecule has 0 fully saturated rings. The number of β-amino-alcohol motifs (C(OH)–C–C–N with tert-alkyl or cyclic N) is 1. The highest BCUT2D eigenvalue weighted by molar-refractivity contribution is 6.21. The molecule has 1 heterocycles. The standard InChI is InChI=1S/C16H10F3NO3/c17-8-4-5-9-10(6-8)16(23)20(15(9)22)7-13(21)14-11(18)2-1-3-12(14)19/h1-6,13,21H,7H2. The predicted molar refractivity (Wildman–Crippen MR) is 73.1 cm³/mol. The van der Waals surface area contributed by atoms with E-state index in [1.54, 1.807) is 0 Å². The number of aliphatic hydroxyl groups is 1. The maximum atomic E-state index is 13.6. The van der Waals surface area contributed by atoms with Gasteiger partial charge in [-0.3, -0.25) is 14.5 Å². The Hall–Kier alpha value is -2.67. The van der Waals surface area contributed by atoms with Crippen molar-refractivity contribution in [2.24, 2.45) is 0 Å². The van der Waals surface area contributed by atoms with Crippen molar-refractivity contribution < 1.29 is 27.9 Å². The van der Waals surface area contributed by atoms with Gasteiger partial charge in [0.05, 0.1) is 23.2 Å². The normalized spacial score (nSPS) is 15.0. The quantitative estimate of drug-likeness (QED) is 0.884. The van der Waals surface area contributed by atoms with E-state index in [1.807, 2.05) is 0 Å². The molecule has 0 aliphatic carbocycles. The second-order valence-electron chi connectivity index (χ2n) is 5.06. The van der Waals surface area contributed by atoms with Crippen molar-refractivity contribution in [1.29, 1.82) is 0 Å². The number of carbonyl (C=O) groups is 2. The molecule has 0 aromatic heterocycles. The first kappa shape index (κ1) is 15.2. The summed E-state index contributed by atoms with van der Waals surface area (Å²) in [5, 5.41) is 10.0. The zero-order valence-electron chi connectivity index (χ0n) is 11.6. The molecule has 4 nitrogen and oxygen atoms in total. The van der Waals surface area contributed by atoms with Crippen LogP contribution in [0.15, 0.2) is 36.4 Å². The van der Waals surface area contributed by atoms with Crippen LogP contribution in [0.4, 0.5) is 13.2 Å². The van der Waals surface area contributed by atoms with Crippen molar-refractivity contribution in [2.75, 3.05) is 6.54 Å². The van der Waals surface area contributed by atoms with Crippen LogP contribution in [-0.4, -0.2) is 28.4 Å². The molecule has 0 saturated carbocycles. The van der Waals surface area contributed by atoms with Crippen LogP contribution in [0.2, 0.25) is 0 Å². The van der Waals surface area contributed by atoms with Gasteiger partial charge in [-0.25, -0.2) is 13.2 Å². The molecular weight excluding hydrogens is 311 g/mol. The van der Waals surface area contributed by atoms with Gasteiger partial charge in [0.25, 0.3) is 11.8 Å². The molecule has 7 heteroatoms. The highest BCUT2D eigenvalue weighted by Gasteiger charge is 2.37. The molecule has 3 rings (SSSR count). The van der Waals surface area contributed by atoms with Crippen LogP contribution >= 0.6 is 0 Å². The molecule has 0 radical (unpaired) electrons. The Bertz CT molecular complexity index is 802. The second kappa shape index (κ2) is 5.51. The largest absolute Gasteiger partial charge is 0.386 e. The Morgan fingerprint density at radius 1 is 0.957 bits per heavy atom. The topological polar surface area (TPSA) is 57.6 Å². The fourth-order valence-electron chi connectivity index (χ4n) is 2.52. The van der Waals surface area contributed by atoms with E-state index in [0.29, 0.717) is 4.90 Å². The zero-order valence-corrected chi connectivity index (χ0v) is 11.6. The minimum atomic E-state index is -1.73. The SMILES string of the molecule is O=C1c2ccc(F)cc2C(=O)N1CC(O)c1c(F)cccc1F. The lowest BCUT2D eigenvalue weighted by Gasteiger charge is -2.19. The summed E-state index contributed by atoms with van der Waals surface area (Å²) in [6, 6.07) is 6.14. The van der Waals surface area contributed by atoms with Gasteiger partial charge in [-0.15, -0.1) is 0 Å². The fourth-order valence-corrected chi connectivity index (χ4v) is 2.52. The van der Waals surface area contributed by atoms with Crippen molar-refractivity contribution in [2.45, 2.75) is 6.10 Å². The first-order valence-corrected chi connectivity index (χ1v) is 6.68. The summed E-state index contributed by atoms with van der Waals surface area (Å²) in [7, 11) is 0. The lowest BCUT2D eigenvalue weighted by atomic mass is 10.1. The predicted octanol–water partition coefficient (Wildman–Crippen LogP) is 2.43. The smallest absolute Gasteiger partial charge is 0.261 e. The summed E-state index contributed by atoms with van der Waals surface area (Å²) < 4.78 is 40.5. The monoisotopic (exact) mass is 321 g/mol. The Balaban J connectivity index is 1.90. The highest BCUT2D eigenvalue weighted by Crippen LogP contribution is 2.27. The number of hydrogen-bond acceptors (Lipinski definition) is 3. The number of imide groups is 1. The summed E-state index contributed by atoms with van der Waals surface area (Å²) in [5.41, 5.74) is -0.788. The third-order valence-corrected chi connectivity index (χ3v) is 3.62. The number of aliphatic hydroxyl groups excluding tert-OH is 1. The van der Waals surface area contributed by atoms with Crippen LogP contribution in [0.1, 0.15) is 32.4 Å². The van der Waals surface area contributed by atoms with Gasteiger partial charge >= 0.3 is 0 Å². The van der Waals surface area contributed by atoms with E-state index < -0.39 is 47.5 Å². The lowest BCUT2D eigenvalue weighted by Crippen LogP contribution is -2.34. The number of benzene rings is 2. The van der Waals surface area contributed by atoms with E-state index in [1.165, 1.54) is 0 Å². The number of hydrogen-bond donors (Lipinski definition) is 1. The first-order valence-electron chi connectivity index (χ1n) is 6.68. The molecule has 1 atom stereocenters. The number of rotatable bonds is 3. The molecule has 1 aliphatic rings. The Morgan fingerprint density at radius 2 is 1.57 bits per heavy atom. The van der Waals surface area contributed by atoms with Crippen LogP contribution in [0.3, 0.4) is 0 Å². The molecule has 0 saturated heterocycles. The molecule has 1 unspecified atom stereocenters. The lowest BCUT2D eigenvalue weighted by molar-refractivity contribution is 0.0533. The minimum Gasteiger partial charge on any atom is -0.386 e. The van der Waals surface area contributed by atoms with Crippen molar-refractivity contribution in [3.63, 3.8) is 0 Å². The molecule has 2 amide bonds. The molecule has 2 aromatic carbocycles. The Morgan fingerprint density at radius 3 is 2.22 bits per heavy atom. The molecule has 118 valence electrons. The van der Waals surface area contributed by atoms with Gasteiger partial charge < -0.3 is 5.11 Å². The van der Waals surface area contributed by atoms with Crippen molar-refractivity contribution in [1.82, 2.24) is 4.90 Å². The third-order valence-electron chi connectivity index (χ3n) is 3.62. The van der Waals surface area contributed by atoms with Gasteiger partial charge in [0.2, 0.25) is 0 Å². The zero-order chi connectivity index (χ0) is 16.7. The highest BCUT2D eigenvalue weighted by atomic mass is 19.1. The third kappa shape index (κ3) is 2.49. The molecule has 23 heavy (non-hydrogen) atoms. The van der Waals surface area contributed by atoms with E-state index in [0.717, 1.165) is 36.4 Å². The molecule has 0 bridgehead atoms. The van der Waals surface area contributed by atoms with Crippen molar-refractivity contribution in [3.8, 4) is 0 Å². The van der Waals surface area contributed by atoms with Crippen LogP contribution < -0.4 is 0 Å². The van der Waals surface area contributed by atoms with E-state index in [2.05, 4.69) is 0 Å². The molecule has 1 N–H and O–H groups in total. The number of amides is 2. The average Bonchev–Trinajstić information content (AvgIpc) is 2.72. The first-order chi connectivity index (χ1) is 10.9. The minimum absolute atomic E-state index is 0.0161. The van der Waals surface area contributed by atoms with Gasteiger partial charge in [-0.1, -0.05) is 6.07 Å². The van der Waals surface area contributed by atoms with E-state index in [4.69, 9.17) is 0 Å². The molecule has 0 spiro atoms. The summed E-state index contributed by atoms with van der Waals surface area (Å²) in [5.74, 6) is -4.23. The summed E-state index contributed by atoms with van der Waals surface area (Å²) >= 11 is 0. The fraction of sp³-hybridized carbons (Fsp3) is 0.125. The van der Waals surface area contributed by atoms with Crippen LogP contribution in [-0.2, 0) is 0 Å². The molecular formula is C16H10F3NO3. The van der Waals surface area contributed by atoms with Gasteiger partial charge in [0.15, 0.2) is 0 Å². The average molecular weight is 321 g/mol. The van der Waals surface area contributed by atoms with E-state index >= 15 is 0 Å². The number of fused-ring (bicyclic) bond motifs is 1. The van der Waals surface area contributed by atoms with Gasteiger partial charge in [0.1, 0.15) is 23.6 Å². The molecule has 2 aromatic rings. The van der Waals surface area contributed by atoms with Crippen molar-refractivity contribution >= 4 is 11.8 Å². The van der Waals surface area contributed by atoms with Crippen LogP contribution in [0.25, 0.3) is 0 Å². The summed E-state index contributed by atoms with van der Waals surface area (Å²) in [6.07, 6.45) is -1.73. The van der Waals surface area contributed by atoms with Crippen molar-refractivity contribution in [3.05, 3.63) is 70.5 Å². The maximum absolute atomic E-state index is 13.6. The summed E-state index contributed by atoms with van der Waals surface area (Å²) in [6.45, 7) is -0.633. The number of halogens is 3. The van der Waals surface area contributed by atoms with Gasteiger partial charge in [0, 0.05) is 0 Å². The van der Waals surface area contributed by atoms with E-state index in [9.17, 15) is 27.9 Å².